The van der Waals surface area contributed by atoms with E-state index in [0.717, 1.165) is 17.3 Å². The number of halogens is 4. The molecule has 3 aromatic rings. The summed E-state index contributed by atoms with van der Waals surface area (Å²) in [5, 5.41) is 13.4. The SMILES string of the molecule is CN(C)CCCc1cc(C(=O)O)ccc1-c1cc(C(F)(F)F)nn1-c1ccccc1Cl. The summed E-state index contributed by atoms with van der Waals surface area (Å²) in [6.07, 6.45) is -3.45. The van der Waals surface area contributed by atoms with Gasteiger partial charge in [0.05, 0.1) is 22.0 Å². The van der Waals surface area contributed by atoms with Crippen molar-refractivity contribution in [1.82, 2.24) is 14.7 Å². The molecule has 2 aromatic carbocycles. The topological polar surface area (TPSA) is 58.4 Å². The van der Waals surface area contributed by atoms with E-state index in [4.69, 9.17) is 11.6 Å². The fourth-order valence-corrected chi connectivity index (χ4v) is 3.50. The van der Waals surface area contributed by atoms with E-state index in [0.29, 0.717) is 29.7 Å². The molecule has 0 aliphatic carbocycles. The summed E-state index contributed by atoms with van der Waals surface area (Å²) in [6, 6.07) is 11.9. The van der Waals surface area contributed by atoms with E-state index in [-0.39, 0.29) is 16.3 Å². The van der Waals surface area contributed by atoms with Crippen LogP contribution in [0, 0.1) is 0 Å². The highest BCUT2D eigenvalue weighted by molar-refractivity contribution is 6.32. The van der Waals surface area contributed by atoms with E-state index in [1.807, 2.05) is 19.0 Å². The van der Waals surface area contributed by atoms with E-state index in [9.17, 15) is 23.1 Å². The highest BCUT2D eigenvalue weighted by Crippen LogP contribution is 2.36. The number of carboxylic acids is 1. The van der Waals surface area contributed by atoms with Crippen LogP contribution in [0.1, 0.15) is 28.0 Å². The number of carbonyl (C=O) groups is 1. The van der Waals surface area contributed by atoms with E-state index in [1.165, 1.54) is 18.2 Å². The number of aromatic carboxylic acids is 1. The van der Waals surface area contributed by atoms with Gasteiger partial charge in [-0.15, -0.1) is 0 Å². The Morgan fingerprint density at radius 2 is 1.87 bits per heavy atom. The Balaban J connectivity index is 2.19. The van der Waals surface area contributed by atoms with Crippen molar-refractivity contribution in [2.75, 3.05) is 20.6 Å². The minimum absolute atomic E-state index is 0.0726. The second-order valence-electron chi connectivity index (χ2n) is 7.36. The lowest BCUT2D eigenvalue weighted by atomic mass is 9.97. The van der Waals surface area contributed by atoms with E-state index in [1.54, 1.807) is 24.3 Å². The number of alkyl halides is 3. The van der Waals surface area contributed by atoms with Crippen LogP contribution < -0.4 is 0 Å². The predicted octanol–water partition coefficient (Wildman–Crippen LogP) is 5.40. The van der Waals surface area contributed by atoms with Gasteiger partial charge in [0.1, 0.15) is 0 Å². The van der Waals surface area contributed by atoms with Gasteiger partial charge in [0.25, 0.3) is 0 Å². The first-order valence-electron chi connectivity index (χ1n) is 9.51. The molecule has 0 spiro atoms. The number of aromatic nitrogens is 2. The average Bonchev–Trinajstić information content (AvgIpc) is 3.13. The highest BCUT2D eigenvalue weighted by Gasteiger charge is 2.35. The van der Waals surface area contributed by atoms with E-state index >= 15 is 0 Å². The zero-order valence-electron chi connectivity index (χ0n) is 16.9. The standard InChI is InChI=1S/C22H21ClF3N3O2/c1-28(2)11-5-6-14-12-15(21(30)31)9-10-16(14)19-13-20(22(24,25)26)27-29(19)18-8-4-3-7-17(18)23/h3-4,7-10,12-13H,5-6,11H2,1-2H3,(H,30,31). The molecule has 1 heterocycles. The molecule has 0 fully saturated rings. The molecule has 0 atom stereocenters. The van der Waals surface area contributed by atoms with Gasteiger partial charge in [0, 0.05) is 5.56 Å². The molecule has 3 rings (SSSR count). The zero-order valence-corrected chi connectivity index (χ0v) is 17.7. The molecular weight excluding hydrogens is 431 g/mol. The molecule has 1 N–H and O–H groups in total. The van der Waals surface area contributed by atoms with Crippen molar-refractivity contribution in [1.29, 1.82) is 0 Å². The number of para-hydroxylation sites is 1. The molecule has 0 aliphatic heterocycles. The zero-order chi connectivity index (χ0) is 22.8. The Labute approximate surface area is 182 Å². The number of nitrogens with zero attached hydrogens (tertiary/aromatic N) is 3. The first-order valence-corrected chi connectivity index (χ1v) is 9.89. The Kier molecular flexibility index (Phi) is 6.71. The third kappa shape index (κ3) is 5.26. The third-order valence-corrected chi connectivity index (χ3v) is 5.08. The molecule has 9 heteroatoms. The number of aryl methyl sites for hydroxylation is 1. The monoisotopic (exact) mass is 451 g/mol. The predicted molar refractivity (Wildman–Crippen MR) is 113 cm³/mol. The second kappa shape index (κ2) is 9.11. The fraction of sp³-hybridized carbons (Fsp3) is 0.273. The van der Waals surface area contributed by atoms with Crippen molar-refractivity contribution in [2.45, 2.75) is 19.0 Å². The average molecular weight is 452 g/mol. The number of hydrogen-bond donors (Lipinski definition) is 1. The lowest BCUT2D eigenvalue weighted by molar-refractivity contribution is -0.141. The molecule has 0 radical (unpaired) electrons. The number of rotatable bonds is 7. The van der Waals surface area contributed by atoms with Crippen molar-refractivity contribution < 1.29 is 23.1 Å². The minimum Gasteiger partial charge on any atom is -0.478 e. The van der Waals surface area contributed by atoms with E-state index < -0.39 is 17.8 Å². The van der Waals surface area contributed by atoms with Crippen molar-refractivity contribution in [3.05, 3.63) is 70.4 Å². The molecule has 1 aromatic heterocycles. The van der Waals surface area contributed by atoms with Gasteiger partial charge in [-0.25, -0.2) is 9.48 Å². The largest absolute Gasteiger partial charge is 0.478 e. The fourth-order valence-electron chi connectivity index (χ4n) is 3.29. The molecule has 0 saturated carbocycles. The Bertz CT molecular complexity index is 1090. The summed E-state index contributed by atoms with van der Waals surface area (Å²) >= 11 is 6.24. The molecule has 0 unspecified atom stereocenters. The lowest BCUT2D eigenvalue weighted by Crippen LogP contribution is -2.14. The first-order chi connectivity index (χ1) is 14.6. The minimum atomic E-state index is -4.65. The lowest BCUT2D eigenvalue weighted by Gasteiger charge is -2.15. The second-order valence-corrected chi connectivity index (χ2v) is 7.77. The van der Waals surface area contributed by atoms with Crippen LogP contribution in [0.4, 0.5) is 13.2 Å². The number of hydrogen-bond acceptors (Lipinski definition) is 3. The van der Waals surface area contributed by atoms with Crippen LogP contribution in [0.5, 0.6) is 0 Å². The maximum atomic E-state index is 13.5. The Hall–Kier alpha value is -2.84. The molecule has 0 saturated heterocycles. The van der Waals surface area contributed by atoms with Crippen LogP contribution in [-0.4, -0.2) is 46.4 Å². The summed E-state index contributed by atoms with van der Waals surface area (Å²) < 4.78 is 41.6. The van der Waals surface area contributed by atoms with Gasteiger partial charge in [-0.3, -0.25) is 0 Å². The number of carboxylic acid groups (broad SMARTS) is 1. The molecule has 0 aliphatic rings. The Morgan fingerprint density at radius 3 is 2.48 bits per heavy atom. The normalized spacial score (nSPS) is 11.8. The van der Waals surface area contributed by atoms with Crippen LogP contribution in [0.3, 0.4) is 0 Å². The molecule has 0 amide bonds. The number of benzene rings is 2. The summed E-state index contributed by atoms with van der Waals surface area (Å²) in [5.41, 5.74) is 0.621. The van der Waals surface area contributed by atoms with Crippen LogP contribution >= 0.6 is 11.6 Å². The van der Waals surface area contributed by atoms with Crippen LogP contribution in [0.15, 0.2) is 48.5 Å². The molecule has 164 valence electrons. The smallest absolute Gasteiger partial charge is 0.435 e. The van der Waals surface area contributed by atoms with Crippen molar-refractivity contribution in [3.63, 3.8) is 0 Å². The maximum Gasteiger partial charge on any atom is 0.435 e. The summed E-state index contributed by atoms with van der Waals surface area (Å²) in [7, 11) is 3.83. The van der Waals surface area contributed by atoms with Gasteiger partial charge in [0.15, 0.2) is 5.69 Å². The maximum absolute atomic E-state index is 13.5. The quantitative estimate of drug-likeness (QED) is 0.522. The van der Waals surface area contributed by atoms with Gasteiger partial charge in [-0.2, -0.15) is 18.3 Å². The van der Waals surface area contributed by atoms with Gasteiger partial charge in [0.2, 0.25) is 0 Å². The van der Waals surface area contributed by atoms with Crippen molar-refractivity contribution >= 4 is 17.6 Å². The molecule has 0 bridgehead atoms. The third-order valence-electron chi connectivity index (χ3n) is 4.76. The Morgan fingerprint density at radius 1 is 1.16 bits per heavy atom. The van der Waals surface area contributed by atoms with Crippen molar-refractivity contribution in [3.8, 4) is 16.9 Å². The summed E-state index contributed by atoms with van der Waals surface area (Å²) in [4.78, 5) is 13.4. The van der Waals surface area contributed by atoms with Gasteiger partial charge in [-0.05, 0) is 69.4 Å². The van der Waals surface area contributed by atoms with Crippen LogP contribution in [-0.2, 0) is 12.6 Å². The molecule has 5 nitrogen and oxygen atoms in total. The van der Waals surface area contributed by atoms with E-state index in [2.05, 4.69) is 5.10 Å². The van der Waals surface area contributed by atoms with Crippen LogP contribution in [0.25, 0.3) is 16.9 Å². The highest BCUT2D eigenvalue weighted by atomic mass is 35.5. The van der Waals surface area contributed by atoms with Gasteiger partial charge in [-0.1, -0.05) is 29.8 Å². The van der Waals surface area contributed by atoms with Crippen molar-refractivity contribution in [2.24, 2.45) is 0 Å². The molecule has 31 heavy (non-hydrogen) atoms. The van der Waals surface area contributed by atoms with Gasteiger partial charge < -0.3 is 10.0 Å². The summed E-state index contributed by atoms with van der Waals surface area (Å²) in [6.45, 7) is 0.744. The molecular formula is C22H21ClF3N3O2. The first kappa shape index (κ1) is 22.8. The van der Waals surface area contributed by atoms with Crippen LogP contribution in [0.2, 0.25) is 5.02 Å². The summed E-state index contributed by atoms with van der Waals surface area (Å²) in [5.74, 6) is -1.10. The van der Waals surface area contributed by atoms with Gasteiger partial charge >= 0.3 is 12.1 Å².